The molecule has 0 spiro atoms. The van der Waals surface area contributed by atoms with E-state index in [-0.39, 0.29) is 18.2 Å². The van der Waals surface area contributed by atoms with Crippen LogP contribution >= 0.6 is 0 Å². The molecule has 3 unspecified atom stereocenters. The summed E-state index contributed by atoms with van der Waals surface area (Å²) in [4.78, 5) is 39.1. The maximum absolute atomic E-state index is 13.7. The first-order chi connectivity index (χ1) is 20.6. The molecule has 8 rings (SSSR count). The number of ether oxygens (including phenoxy) is 1. The molecule has 4 saturated carbocycles. The van der Waals surface area contributed by atoms with Crippen molar-refractivity contribution in [2.75, 3.05) is 54.0 Å². The summed E-state index contributed by atoms with van der Waals surface area (Å²) in [6, 6.07) is 12.3. The maximum Gasteiger partial charge on any atom is 0.410 e. The molecular formula is C33H44N6O4. The van der Waals surface area contributed by atoms with E-state index in [2.05, 4.69) is 27.2 Å². The predicted molar refractivity (Wildman–Crippen MR) is 166 cm³/mol. The third-order valence-electron chi connectivity index (χ3n) is 10.1. The quantitative estimate of drug-likeness (QED) is 0.534. The Labute approximate surface area is 254 Å². The van der Waals surface area contributed by atoms with Gasteiger partial charge in [0.2, 0.25) is 0 Å². The van der Waals surface area contributed by atoms with Crippen LogP contribution in [0, 0.1) is 17.8 Å². The Morgan fingerprint density at radius 2 is 1.63 bits per heavy atom. The Hall–Kier alpha value is -3.53. The van der Waals surface area contributed by atoms with Gasteiger partial charge in [-0.1, -0.05) is 12.1 Å². The Kier molecular flexibility index (Phi) is 6.95. The third-order valence-corrected chi connectivity index (χ3v) is 10.1. The molecular weight excluding hydrogens is 544 g/mol. The van der Waals surface area contributed by atoms with Gasteiger partial charge in [-0.15, -0.1) is 0 Å². The van der Waals surface area contributed by atoms with Crippen LogP contribution in [0.3, 0.4) is 0 Å². The first-order valence-corrected chi connectivity index (χ1v) is 15.9. The number of carbonyl (C=O) groups is 2. The molecule has 3 amide bonds. The molecule has 4 bridgehead atoms. The standard InChI is InChI=1S/C33H44N6O4/c1-32(2,3)43-31(41)37-12-10-36(11-13-37)25-8-9-28(34-21-25)38-14-15-39(27-7-5-4-6-26(27)38)30(40)35-29-23-16-22-17-24(29)20-33(42,18-22)19-23/h4-9,21-24,29,42H,10-20H2,1-3H3,(H,35,40)/t22?,23-,24+,29?,33?. The minimum Gasteiger partial charge on any atom is -0.444 e. The number of amides is 3. The van der Waals surface area contributed by atoms with E-state index in [1.807, 2.05) is 56.1 Å². The number of hydrogen-bond acceptors (Lipinski definition) is 7. The number of hydrogen-bond donors (Lipinski definition) is 2. The number of piperazine rings is 1. The smallest absolute Gasteiger partial charge is 0.410 e. The monoisotopic (exact) mass is 588 g/mol. The van der Waals surface area contributed by atoms with Gasteiger partial charge in [-0.3, -0.25) is 4.90 Å². The van der Waals surface area contributed by atoms with E-state index < -0.39 is 11.2 Å². The van der Waals surface area contributed by atoms with E-state index in [0.717, 1.165) is 68.1 Å². The topological polar surface area (TPSA) is 101 Å². The van der Waals surface area contributed by atoms with Gasteiger partial charge in [0.05, 0.1) is 28.9 Å². The average molecular weight is 589 g/mol. The zero-order valence-corrected chi connectivity index (χ0v) is 25.5. The molecule has 1 saturated heterocycles. The summed E-state index contributed by atoms with van der Waals surface area (Å²) in [7, 11) is 0. The lowest BCUT2D eigenvalue weighted by atomic mass is 9.52. The molecule has 6 aliphatic rings. The summed E-state index contributed by atoms with van der Waals surface area (Å²) >= 11 is 0. The molecule has 1 aromatic carbocycles. The summed E-state index contributed by atoms with van der Waals surface area (Å²) in [6.45, 7) is 9.53. The van der Waals surface area contributed by atoms with Gasteiger partial charge in [0, 0.05) is 45.3 Å². The van der Waals surface area contributed by atoms with Crippen LogP contribution in [0.5, 0.6) is 0 Å². The van der Waals surface area contributed by atoms with Crippen LogP contribution in [0.25, 0.3) is 0 Å². The highest BCUT2D eigenvalue weighted by Crippen LogP contribution is 2.55. The van der Waals surface area contributed by atoms with E-state index in [9.17, 15) is 14.7 Å². The number of para-hydroxylation sites is 2. The number of aromatic nitrogens is 1. The number of rotatable bonds is 3. The zero-order chi connectivity index (χ0) is 29.9. The molecule has 2 N–H and O–H groups in total. The first-order valence-electron chi connectivity index (χ1n) is 15.9. The number of pyridine rings is 1. The highest BCUT2D eigenvalue weighted by molar-refractivity contribution is 5.98. The third kappa shape index (κ3) is 5.50. The molecule has 1 aromatic heterocycles. The first kappa shape index (κ1) is 28.3. The maximum atomic E-state index is 13.7. The van der Waals surface area contributed by atoms with Gasteiger partial charge < -0.3 is 29.9 Å². The van der Waals surface area contributed by atoms with Crippen molar-refractivity contribution in [2.24, 2.45) is 17.8 Å². The number of benzene rings is 1. The molecule has 3 heterocycles. The highest BCUT2D eigenvalue weighted by Gasteiger charge is 2.55. The van der Waals surface area contributed by atoms with Crippen molar-refractivity contribution in [3.63, 3.8) is 0 Å². The van der Waals surface area contributed by atoms with Crippen molar-refractivity contribution >= 4 is 35.0 Å². The van der Waals surface area contributed by atoms with E-state index >= 15 is 0 Å². The van der Waals surface area contributed by atoms with E-state index in [1.54, 1.807) is 4.90 Å². The fraction of sp³-hybridized carbons (Fsp3) is 0.606. The number of nitrogens with zero attached hydrogens (tertiary/aromatic N) is 5. The summed E-state index contributed by atoms with van der Waals surface area (Å²) < 4.78 is 5.53. The molecule has 43 heavy (non-hydrogen) atoms. The second kappa shape index (κ2) is 10.6. The Balaban J connectivity index is 1.01. The molecule has 5 fully saturated rings. The summed E-state index contributed by atoms with van der Waals surface area (Å²) in [5.74, 6) is 2.21. The number of nitrogens with one attached hydrogen (secondary N) is 1. The molecule has 2 aromatic rings. The average Bonchev–Trinajstić information content (AvgIpc) is 2.97. The van der Waals surface area contributed by atoms with Crippen LogP contribution < -0.4 is 20.0 Å². The second-order valence-electron chi connectivity index (χ2n) is 14.3. The van der Waals surface area contributed by atoms with E-state index in [1.165, 1.54) is 0 Å². The Bertz CT molecular complexity index is 1350. The lowest BCUT2D eigenvalue weighted by Gasteiger charge is -2.58. The van der Waals surface area contributed by atoms with E-state index in [0.29, 0.717) is 43.9 Å². The van der Waals surface area contributed by atoms with Crippen LogP contribution in [0.4, 0.5) is 32.5 Å². The highest BCUT2D eigenvalue weighted by atomic mass is 16.6. The van der Waals surface area contributed by atoms with Gasteiger partial charge in [0.1, 0.15) is 11.4 Å². The molecule has 5 atom stereocenters. The summed E-state index contributed by atoms with van der Waals surface area (Å²) in [6.07, 6.45) is 6.46. The normalized spacial score (nSPS) is 29.9. The van der Waals surface area contributed by atoms with Gasteiger partial charge in [0.25, 0.3) is 0 Å². The molecule has 10 nitrogen and oxygen atoms in total. The van der Waals surface area contributed by atoms with Crippen molar-refractivity contribution in [1.29, 1.82) is 0 Å². The molecule has 230 valence electrons. The van der Waals surface area contributed by atoms with Gasteiger partial charge in [-0.2, -0.15) is 0 Å². The van der Waals surface area contributed by atoms with Crippen LogP contribution in [-0.4, -0.2) is 83.6 Å². The van der Waals surface area contributed by atoms with Crippen molar-refractivity contribution in [3.05, 3.63) is 42.6 Å². The molecule has 4 aliphatic carbocycles. The number of fused-ring (bicyclic) bond motifs is 1. The summed E-state index contributed by atoms with van der Waals surface area (Å²) in [5.41, 5.74) is 1.87. The van der Waals surface area contributed by atoms with Gasteiger partial charge in [-0.05, 0) is 94.9 Å². The minimum absolute atomic E-state index is 0.0367. The molecule has 0 radical (unpaired) electrons. The lowest BCUT2D eigenvalue weighted by molar-refractivity contribution is -0.136. The van der Waals surface area contributed by atoms with Gasteiger partial charge in [-0.25, -0.2) is 14.6 Å². The Morgan fingerprint density at radius 3 is 2.26 bits per heavy atom. The second-order valence-corrected chi connectivity index (χ2v) is 14.3. The van der Waals surface area contributed by atoms with E-state index in [4.69, 9.17) is 9.72 Å². The molecule has 10 heteroatoms. The van der Waals surface area contributed by atoms with Crippen molar-refractivity contribution in [3.8, 4) is 0 Å². The van der Waals surface area contributed by atoms with Crippen molar-refractivity contribution in [2.45, 2.75) is 70.1 Å². The van der Waals surface area contributed by atoms with Crippen LogP contribution in [-0.2, 0) is 4.74 Å². The zero-order valence-electron chi connectivity index (χ0n) is 25.5. The largest absolute Gasteiger partial charge is 0.444 e. The number of urea groups is 1. The fourth-order valence-electron chi connectivity index (χ4n) is 8.45. The van der Waals surface area contributed by atoms with Crippen LogP contribution in [0.2, 0.25) is 0 Å². The number of anilines is 4. The van der Waals surface area contributed by atoms with Crippen molar-refractivity contribution in [1.82, 2.24) is 15.2 Å². The van der Waals surface area contributed by atoms with Crippen LogP contribution in [0.15, 0.2) is 42.6 Å². The number of aliphatic hydroxyl groups is 1. The predicted octanol–water partition coefficient (Wildman–Crippen LogP) is 4.75. The van der Waals surface area contributed by atoms with Gasteiger partial charge >= 0.3 is 12.1 Å². The minimum atomic E-state index is -0.507. The van der Waals surface area contributed by atoms with Gasteiger partial charge in [0.15, 0.2) is 0 Å². The van der Waals surface area contributed by atoms with Crippen molar-refractivity contribution < 1.29 is 19.4 Å². The Morgan fingerprint density at radius 1 is 0.930 bits per heavy atom. The number of carbonyl (C=O) groups excluding carboxylic acids is 2. The lowest BCUT2D eigenvalue weighted by Crippen LogP contribution is -2.63. The molecule has 2 aliphatic heterocycles. The SMILES string of the molecule is CC(C)(C)OC(=O)N1CCN(c2ccc(N3CCN(C(=O)NC4[C@@H]5CC6C[C@H]4CC(O)(C6)C5)c4ccccc43)nc2)CC1. The summed E-state index contributed by atoms with van der Waals surface area (Å²) in [5, 5.41) is 14.4. The fourth-order valence-corrected chi connectivity index (χ4v) is 8.45. The van der Waals surface area contributed by atoms with Crippen LogP contribution in [0.1, 0.15) is 52.9 Å².